The molecule has 1 aromatic carbocycles. The van der Waals surface area contributed by atoms with Crippen LogP contribution >= 0.6 is 0 Å². The number of rotatable bonds is 7. The van der Waals surface area contributed by atoms with Crippen molar-refractivity contribution in [2.45, 2.75) is 32.1 Å². The van der Waals surface area contributed by atoms with Crippen molar-refractivity contribution in [2.24, 2.45) is 10.7 Å². The highest BCUT2D eigenvalue weighted by atomic mass is 15.1. The largest absolute Gasteiger partial charge is 0.370 e. The zero-order chi connectivity index (χ0) is 16.6. The van der Waals surface area contributed by atoms with Crippen molar-refractivity contribution >= 4 is 17.5 Å². The summed E-state index contributed by atoms with van der Waals surface area (Å²) in [6.45, 7) is 1.62. The average molecular weight is 323 g/mol. The second-order valence-corrected chi connectivity index (χ2v) is 6.08. The fraction of sp³-hybridized carbons (Fsp3) is 0.368. The van der Waals surface area contributed by atoms with Gasteiger partial charge in [0.1, 0.15) is 5.82 Å². The first kappa shape index (κ1) is 16.3. The number of nitrogens with two attached hydrogens (primary N) is 1. The predicted octanol–water partition coefficient (Wildman–Crippen LogP) is 3.19. The van der Waals surface area contributed by atoms with Gasteiger partial charge in [0, 0.05) is 25.0 Å². The van der Waals surface area contributed by atoms with Crippen molar-refractivity contribution in [1.29, 1.82) is 0 Å². The minimum atomic E-state index is 0.491. The molecule has 1 aromatic heterocycles. The average Bonchev–Trinajstić information content (AvgIpc) is 3.06. The molecule has 0 amide bonds. The van der Waals surface area contributed by atoms with Gasteiger partial charge in [-0.2, -0.15) is 0 Å². The number of nitrogens with zero attached hydrogens (tertiary/aromatic N) is 2. The Balaban J connectivity index is 1.36. The number of aryl methyl sites for hydroxylation is 2. The monoisotopic (exact) mass is 323 g/mol. The number of hydrogen-bond donors (Lipinski definition) is 3. The molecule has 24 heavy (non-hydrogen) atoms. The predicted molar refractivity (Wildman–Crippen MR) is 101 cm³/mol. The van der Waals surface area contributed by atoms with E-state index < -0.39 is 0 Å². The van der Waals surface area contributed by atoms with Crippen molar-refractivity contribution in [3.63, 3.8) is 0 Å². The van der Waals surface area contributed by atoms with E-state index in [-0.39, 0.29) is 0 Å². The van der Waals surface area contributed by atoms with Crippen LogP contribution in [-0.2, 0) is 12.8 Å². The van der Waals surface area contributed by atoms with Crippen LogP contribution in [0.5, 0.6) is 0 Å². The summed E-state index contributed by atoms with van der Waals surface area (Å²) in [5.41, 5.74) is 9.91. The second kappa shape index (κ2) is 8.34. The van der Waals surface area contributed by atoms with Gasteiger partial charge >= 0.3 is 0 Å². The summed E-state index contributed by atoms with van der Waals surface area (Å²) in [6, 6.07) is 12.3. The first-order valence-electron chi connectivity index (χ1n) is 8.65. The highest BCUT2D eigenvalue weighted by Gasteiger charge is 2.10. The van der Waals surface area contributed by atoms with Crippen LogP contribution < -0.4 is 16.4 Å². The van der Waals surface area contributed by atoms with Gasteiger partial charge < -0.3 is 16.4 Å². The highest BCUT2D eigenvalue weighted by molar-refractivity contribution is 5.92. The SMILES string of the molecule is NC(=NCCCCNc1ccccn1)Nc1ccc2c(c1)CCC2. The summed E-state index contributed by atoms with van der Waals surface area (Å²) in [6.07, 6.45) is 7.45. The molecule has 0 aliphatic heterocycles. The first-order chi connectivity index (χ1) is 11.8. The van der Waals surface area contributed by atoms with Crippen molar-refractivity contribution < 1.29 is 0 Å². The molecular weight excluding hydrogens is 298 g/mol. The summed E-state index contributed by atoms with van der Waals surface area (Å²) in [5, 5.41) is 6.48. The van der Waals surface area contributed by atoms with Crippen LogP contribution in [0.2, 0.25) is 0 Å². The third-order valence-corrected chi connectivity index (χ3v) is 4.21. The van der Waals surface area contributed by atoms with Gasteiger partial charge in [0.05, 0.1) is 0 Å². The maximum absolute atomic E-state index is 5.97. The van der Waals surface area contributed by atoms with E-state index in [2.05, 4.69) is 38.8 Å². The molecule has 0 radical (unpaired) electrons. The molecule has 0 saturated heterocycles. The fourth-order valence-electron chi connectivity index (χ4n) is 2.96. The van der Waals surface area contributed by atoms with Gasteiger partial charge in [-0.15, -0.1) is 0 Å². The fourth-order valence-corrected chi connectivity index (χ4v) is 2.96. The van der Waals surface area contributed by atoms with E-state index in [1.54, 1.807) is 6.20 Å². The van der Waals surface area contributed by atoms with E-state index >= 15 is 0 Å². The lowest BCUT2D eigenvalue weighted by molar-refractivity contribution is 0.772. The van der Waals surface area contributed by atoms with E-state index in [0.717, 1.165) is 37.4 Å². The third kappa shape index (κ3) is 4.72. The number of guanidine groups is 1. The van der Waals surface area contributed by atoms with Gasteiger partial charge in [0.2, 0.25) is 0 Å². The van der Waals surface area contributed by atoms with Crippen LogP contribution in [0.4, 0.5) is 11.5 Å². The van der Waals surface area contributed by atoms with Crippen molar-refractivity contribution in [3.05, 3.63) is 53.7 Å². The Morgan fingerprint density at radius 3 is 2.92 bits per heavy atom. The van der Waals surface area contributed by atoms with Crippen LogP contribution in [0, 0.1) is 0 Å². The molecule has 5 nitrogen and oxygen atoms in total. The summed E-state index contributed by atoms with van der Waals surface area (Å²) < 4.78 is 0. The van der Waals surface area contributed by atoms with E-state index in [1.807, 2.05) is 18.2 Å². The van der Waals surface area contributed by atoms with Crippen LogP contribution in [0.3, 0.4) is 0 Å². The second-order valence-electron chi connectivity index (χ2n) is 6.08. The minimum absolute atomic E-state index is 0.491. The lowest BCUT2D eigenvalue weighted by Crippen LogP contribution is -2.23. The maximum atomic E-state index is 5.97. The van der Waals surface area contributed by atoms with E-state index in [4.69, 9.17) is 5.73 Å². The van der Waals surface area contributed by atoms with E-state index in [0.29, 0.717) is 5.96 Å². The summed E-state index contributed by atoms with van der Waals surface area (Å²) in [5.74, 6) is 1.41. The quantitative estimate of drug-likeness (QED) is 0.415. The Hall–Kier alpha value is -2.56. The van der Waals surface area contributed by atoms with E-state index in [9.17, 15) is 0 Å². The lowest BCUT2D eigenvalue weighted by atomic mass is 10.1. The number of fused-ring (bicyclic) bond motifs is 1. The number of nitrogens with one attached hydrogen (secondary N) is 2. The first-order valence-corrected chi connectivity index (χ1v) is 8.65. The van der Waals surface area contributed by atoms with Crippen LogP contribution in [0.1, 0.15) is 30.4 Å². The molecule has 5 heteroatoms. The zero-order valence-electron chi connectivity index (χ0n) is 14.0. The molecule has 3 rings (SSSR count). The Morgan fingerprint density at radius 1 is 1.12 bits per heavy atom. The minimum Gasteiger partial charge on any atom is -0.370 e. The van der Waals surface area contributed by atoms with Crippen molar-refractivity contribution in [1.82, 2.24) is 4.98 Å². The normalized spacial score (nSPS) is 13.6. The van der Waals surface area contributed by atoms with Gasteiger partial charge in [-0.3, -0.25) is 4.99 Å². The molecule has 4 N–H and O–H groups in total. The molecule has 0 spiro atoms. The molecule has 2 aromatic rings. The molecular formula is C19H25N5. The Bertz CT molecular complexity index is 681. The Kier molecular flexibility index (Phi) is 5.66. The summed E-state index contributed by atoms with van der Waals surface area (Å²) in [7, 11) is 0. The maximum Gasteiger partial charge on any atom is 0.193 e. The van der Waals surface area contributed by atoms with Crippen molar-refractivity contribution in [2.75, 3.05) is 23.7 Å². The van der Waals surface area contributed by atoms with Gasteiger partial charge in [-0.25, -0.2) is 4.98 Å². The van der Waals surface area contributed by atoms with Gasteiger partial charge in [-0.1, -0.05) is 12.1 Å². The Labute approximate surface area is 143 Å². The van der Waals surface area contributed by atoms with Crippen molar-refractivity contribution in [3.8, 4) is 0 Å². The lowest BCUT2D eigenvalue weighted by Gasteiger charge is -2.08. The molecule has 0 fully saturated rings. The van der Waals surface area contributed by atoms with Gasteiger partial charge in [0.15, 0.2) is 5.96 Å². The molecule has 126 valence electrons. The molecule has 1 aliphatic carbocycles. The number of aromatic nitrogens is 1. The van der Waals surface area contributed by atoms with Gasteiger partial charge in [-0.05, 0) is 67.5 Å². The summed E-state index contributed by atoms with van der Waals surface area (Å²) in [4.78, 5) is 8.63. The van der Waals surface area contributed by atoms with Crippen LogP contribution in [-0.4, -0.2) is 24.0 Å². The zero-order valence-corrected chi connectivity index (χ0v) is 14.0. The molecule has 1 aliphatic rings. The van der Waals surface area contributed by atoms with E-state index in [1.165, 1.54) is 30.4 Å². The van der Waals surface area contributed by atoms with Crippen LogP contribution in [0.25, 0.3) is 0 Å². The standard InChI is InChI=1S/C19H25N5/c20-19(24-17-10-9-15-6-5-7-16(15)14-17)23-13-4-3-12-22-18-8-1-2-11-21-18/h1-2,8-11,14H,3-7,12-13H2,(H,21,22)(H3,20,23,24). The Morgan fingerprint density at radius 2 is 2.04 bits per heavy atom. The molecule has 0 unspecified atom stereocenters. The van der Waals surface area contributed by atoms with Crippen LogP contribution in [0.15, 0.2) is 47.6 Å². The number of anilines is 2. The van der Waals surface area contributed by atoms with Gasteiger partial charge in [0.25, 0.3) is 0 Å². The third-order valence-electron chi connectivity index (χ3n) is 4.21. The molecule has 0 saturated carbocycles. The number of benzene rings is 1. The molecule has 0 bridgehead atoms. The number of aliphatic imine (C=N–C) groups is 1. The molecule has 1 heterocycles. The number of hydrogen-bond acceptors (Lipinski definition) is 3. The number of unbranched alkanes of at least 4 members (excludes halogenated alkanes) is 1. The molecule has 0 atom stereocenters. The number of pyridine rings is 1. The highest BCUT2D eigenvalue weighted by Crippen LogP contribution is 2.24. The topological polar surface area (TPSA) is 75.3 Å². The smallest absolute Gasteiger partial charge is 0.193 e. The summed E-state index contributed by atoms with van der Waals surface area (Å²) >= 11 is 0.